The first-order valence-electron chi connectivity index (χ1n) is 9.88. The number of hydrogen-bond donors (Lipinski definition) is 0. The molecule has 0 saturated heterocycles. The molecule has 0 bridgehead atoms. The van der Waals surface area contributed by atoms with Gasteiger partial charge >= 0.3 is 0 Å². The van der Waals surface area contributed by atoms with Gasteiger partial charge in [-0.2, -0.15) is 0 Å². The number of rotatable bonds is 4. The minimum Gasteiger partial charge on any atom is -0.201 e. The number of benzene rings is 2. The fourth-order valence-electron chi connectivity index (χ4n) is 3.81. The van der Waals surface area contributed by atoms with E-state index in [0.29, 0.717) is 30.4 Å². The van der Waals surface area contributed by atoms with Gasteiger partial charge in [0, 0.05) is 22.6 Å². The van der Waals surface area contributed by atoms with Crippen molar-refractivity contribution in [2.45, 2.75) is 45.5 Å². The summed E-state index contributed by atoms with van der Waals surface area (Å²) < 4.78 is 30.4. The van der Waals surface area contributed by atoms with Crippen molar-refractivity contribution in [1.29, 1.82) is 0 Å². The number of halogens is 2. The molecule has 0 N–H and O–H groups in total. The second-order valence-corrected chi connectivity index (χ2v) is 7.44. The molecule has 1 aliphatic carbocycles. The standard InChI is InChI=1S/C26H26F2/c1-4-6-24-18-17-22(5-2)25(26(24,27)28)23-15-13-21(14-16-23)12-11-20-9-7-19(3)8-10-20/h5,7-10,13-16,24H,2,4,6,17-18H2,1,3H3. The Morgan fingerprint density at radius 1 is 1.04 bits per heavy atom. The summed E-state index contributed by atoms with van der Waals surface area (Å²) in [4.78, 5) is 0. The first kappa shape index (κ1) is 20.1. The van der Waals surface area contributed by atoms with Crippen LogP contribution in [0.15, 0.2) is 66.8 Å². The lowest BCUT2D eigenvalue weighted by atomic mass is 9.76. The predicted octanol–water partition coefficient (Wildman–Crippen LogP) is 7.18. The molecule has 0 fully saturated rings. The van der Waals surface area contributed by atoms with Crippen molar-refractivity contribution < 1.29 is 8.78 Å². The fourth-order valence-corrected chi connectivity index (χ4v) is 3.81. The van der Waals surface area contributed by atoms with E-state index in [4.69, 9.17) is 0 Å². The van der Waals surface area contributed by atoms with Gasteiger partial charge in [-0.15, -0.1) is 0 Å². The van der Waals surface area contributed by atoms with Gasteiger partial charge in [-0.05, 0) is 61.6 Å². The van der Waals surface area contributed by atoms with Crippen LogP contribution in [0.5, 0.6) is 0 Å². The lowest BCUT2D eigenvalue weighted by Crippen LogP contribution is -2.33. The number of aryl methyl sites for hydroxylation is 1. The van der Waals surface area contributed by atoms with Crippen molar-refractivity contribution >= 4 is 5.57 Å². The normalized spacial score (nSPS) is 18.4. The maximum absolute atomic E-state index is 15.2. The Labute approximate surface area is 167 Å². The average molecular weight is 376 g/mol. The van der Waals surface area contributed by atoms with Gasteiger partial charge in [0.2, 0.25) is 0 Å². The SMILES string of the molecule is C=CC1=C(c2ccc(C#Cc3ccc(C)cc3)cc2)C(F)(F)C(CCC)CC1. The lowest BCUT2D eigenvalue weighted by Gasteiger charge is -2.35. The number of allylic oxidation sites excluding steroid dienone is 3. The van der Waals surface area contributed by atoms with Gasteiger partial charge < -0.3 is 0 Å². The van der Waals surface area contributed by atoms with E-state index in [1.807, 2.05) is 50.2 Å². The molecule has 0 nitrogen and oxygen atoms in total. The van der Waals surface area contributed by atoms with Crippen LogP contribution in [-0.2, 0) is 0 Å². The Bertz CT molecular complexity index is 919. The molecule has 0 radical (unpaired) electrons. The van der Waals surface area contributed by atoms with Crippen LogP contribution in [0.3, 0.4) is 0 Å². The van der Waals surface area contributed by atoms with Gasteiger partial charge in [0.1, 0.15) is 0 Å². The fraction of sp³-hybridized carbons (Fsp3) is 0.308. The molecule has 1 atom stereocenters. The molecule has 0 saturated carbocycles. The Hall–Kier alpha value is -2.66. The maximum atomic E-state index is 15.2. The second kappa shape index (κ2) is 8.57. The van der Waals surface area contributed by atoms with Crippen LogP contribution in [0, 0.1) is 24.7 Å². The van der Waals surface area contributed by atoms with E-state index >= 15 is 8.78 Å². The summed E-state index contributed by atoms with van der Waals surface area (Å²) in [6.45, 7) is 7.77. The first-order chi connectivity index (χ1) is 13.5. The molecular weight excluding hydrogens is 350 g/mol. The smallest absolute Gasteiger partial charge is 0.201 e. The molecule has 0 aliphatic heterocycles. The Morgan fingerprint density at radius 3 is 2.14 bits per heavy atom. The molecule has 144 valence electrons. The molecule has 3 rings (SSSR count). The molecule has 1 aliphatic rings. The molecule has 2 aromatic carbocycles. The summed E-state index contributed by atoms with van der Waals surface area (Å²) in [6.07, 6.45) is 4.09. The van der Waals surface area contributed by atoms with Crippen LogP contribution in [0.2, 0.25) is 0 Å². The number of alkyl halides is 2. The zero-order valence-corrected chi connectivity index (χ0v) is 16.6. The highest BCUT2D eigenvalue weighted by Gasteiger charge is 2.46. The first-order valence-corrected chi connectivity index (χ1v) is 9.88. The Balaban J connectivity index is 1.90. The molecule has 0 aromatic heterocycles. The van der Waals surface area contributed by atoms with Crippen LogP contribution in [0.25, 0.3) is 5.57 Å². The van der Waals surface area contributed by atoms with Crippen LogP contribution in [0.4, 0.5) is 8.78 Å². The van der Waals surface area contributed by atoms with E-state index in [1.54, 1.807) is 18.2 Å². The largest absolute Gasteiger partial charge is 0.276 e. The van der Waals surface area contributed by atoms with Crippen molar-refractivity contribution in [2.24, 2.45) is 5.92 Å². The maximum Gasteiger partial charge on any atom is 0.276 e. The zero-order valence-electron chi connectivity index (χ0n) is 16.6. The van der Waals surface area contributed by atoms with Crippen molar-refractivity contribution in [3.63, 3.8) is 0 Å². The number of hydrogen-bond acceptors (Lipinski definition) is 0. The van der Waals surface area contributed by atoms with E-state index in [-0.39, 0.29) is 5.57 Å². The summed E-state index contributed by atoms with van der Waals surface area (Å²) in [5.74, 6) is 2.81. The quantitative estimate of drug-likeness (QED) is 0.496. The van der Waals surface area contributed by atoms with E-state index in [1.165, 1.54) is 5.56 Å². The summed E-state index contributed by atoms with van der Waals surface area (Å²) >= 11 is 0. The minimum absolute atomic E-state index is 0.144. The molecular formula is C26H26F2. The minimum atomic E-state index is -2.83. The van der Waals surface area contributed by atoms with Crippen molar-refractivity contribution in [3.8, 4) is 11.8 Å². The molecule has 28 heavy (non-hydrogen) atoms. The highest BCUT2D eigenvalue weighted by molar-refractivity contribution is 5.77. The van der Waals surface area contributed by atoms with Crippen LogP contribution >= 0.6 is 0 Å². The Kier molecular flexibility index (Phi) is 6.15. The molecule has 0 spiro atoms. The van der Waals surface area contributed by atoms with Crippen LogP contribution in [-0.4, -0.2) is 5.92 Å². The van der Waals surface area contributed by atoms with Crippen molar-refractivity contribution in [1.82, 2.24) is 0 Å². The summed E-state index contributed by atoms with van der Waals surface area (Å²) in [6, 6.07) is 15.2. The highest BCUT2D eigenvalue weighted by atomic mass is 19.3. The Morgan fingerprint density at radius 2 is 1.61 bits per heavy atom. The predicted molar refractivity (Wildman–Crippen MR) is 113 cm³/mol. The van der Waals surface area contributed by atoms with Gasteiger partial charge in [0.15, 0.2) is 0 Å². The van der Waals surface area contributed by atoms with E-state index in [9.17, 15) is 0 Å². The van der Waals surface area contributed by atoms with Crippen molar-refractivity contribution in [2.75, 3.05) is 0 Å². The highest BCUT2D eigenvalue weighted by Crippen LogP contribution is 2.49. The monoisotopic (exact) mass is 376 g/mol. The van der Waals surface area contributed by atoms with Gasteiger partial charge in [0.25, 0.3) is 5.92 Å². The topological polar surface area (TPSA) is 0 Å². The van der Waals surface area contributed by atoms with Gasteiger partial charge in [-0.3, -0.25) is 0 Å². The van der Waals surface area contributed by atoms with Gasteiger partial charge in [-0.1, -0.05) is 67.7 Å². The molecule has 2 aromatic rings. The van der Waals surface area contributed by atoms with Crippen LogP contribution < -0.4 is 0 Å². The average Bonchev–Trinajstić information content (AvgIpc) is 2.69. The molecule has 0 heterocycles. The third-order valence-corrected chi connectivity index (χ3v) is 5.39. The lowest BCUT2D eigenvalue weighted by molar-refractivity contribution is -0.0114. The second-order valence-electron chi connectivity index (χ2n) is 7.44. The van der Waals surface area contributed by atoms with Gasteiger partial charge in [-0.25, -0.2) is 8.78 Å². The van der Waals surface area contributed by atoms with E-state index in [0.717, 1.165) is 17.5 Å². The third kappa shape index (κ3) is 4.25. The van der Waals surface area contributed by atoms with Gasteiger partial charge in [0.05, 0.1) is 0 Å². The van der Waals surface area contributed by atoms with Crippen LogP contribution in [0.1, 0.15) is 54.9 Å². The molecule has 0 amide bonds. The van der Waals surface area contributed by atoms with E-state index < -0.39 is 11.8 Å². The summed E-state index contributed by atoms with van der Waals surface area (Å²) in [5, 5.41) is 0. The molecule has 2 heteroatoms. The van der Waals surface area contributed by atoms with Crippen molar-refractivity contribution in [3.05, 3.63) is 89.0 Å². The zero-order chi connectivity index (χ0) is 20.1. The third-order valence-electron chi connectivity index (χ3n) is 5.39. The van der Waals surface area contributed by atoms with E-state index in [2.05, 4.69) is 18.4 Å². The summed E-state index contributed by atoms with van der Waals surface area (Å²) in [7, 11) is 0. The summed E-state index contributed by atoms with van der Waals surface area (Å²) in [5.41, 5.74) is 4.32. The molecule has 1 unspecified atom stereocenters.